The lowest BCUT2D eigenvalue weighted by Crippen LogP contribution is -2.14. The van der Waals surface area contributed by atoms with Crippen molar-refractivity contribution in [1.29, 1.82) is 0 Å². The van der Waals surface area contributed by atoms with Crippen molar-refractivity contribution in [3.05, 3.63) is 42.2 Å². The van der Waals surface area contributed by atoms with Crippen LogP contribution in [0.5, 0.6) is 0 Å². The first-order valence-corrected chi connectivity index (χ1v) is 6.60. The van der Waals surface area contributed by atoms with E-state index in [4.69, 9.17) is 0 Å². The molecule has 0 aliphatic heterocycles. The van der Waals surface area contributed by atoms with Gasteiger partial charge >= 0.3 is 0 Å². The minimum Gasteiger partial charge on any atom is -0.367 e. The highest BCUT2D eigenvalue weighted by Gasteiger charge is 2.03. The SMILES string of the molecule is CCC(C)Nc1cc(Nc2ccccc2C)ncn1. The standard InChI is InChI=1S/C15H20N4/c1-4-12(3)18-14-9-15(17-10-16-14)19-13-8-6-5-7-11(13)2/h5-10,12H,4H2,1-3H3,(H2,16,17,18,19). The Kier molecular flexibility index (Phi) is 4.34. The molecule has 0 aliphatic rings. The molecule has 1 aromatic heterocycles. The van der Waals surface area contributed by atoms with Crippen LogP contribution < -0.4 is 10.6 Å². The highest BCUT2D eigenvalue weighted by molar-refractivity contribution is 5.61. The predicted molar refractivity (Wildman–Crippen MR) is 79.9 cm³/mol. The van der Waals surface area contributed by atoms with E-state index < -0.39 is 0 Å². The summed E-state index contributed by atoms with van der Waals surface area (Å²) in [7, 11) is 0. The van der Waals surface area contributed by atoms with E-state index in [-0.39, 0.29) is 0 Å². The Morgan fingerprint density at radius 3 is 2.63 bits per heavy atom. The maximum atomic E-state index is 4.25. The average Bonchev–Trinajstić information content (AvgIpc) is 2.42. The molecule has 4 heteroatoms. The first kappa shape index (κ1) is 13.3. The van der Waals surface area contributed by atoms with Crippen LogP contribution in [0.4, 0.5) is 17.3 Å². The molecular formula is C15H20N4. The van der Waals surface area contributed by atoms with Gasteiger partial charge in [-0.3, -0.25) is 0 Å². The van der Waals surface area contributed by atoms with Gasteiger partial charge in [-0.15, -0.1) is 0 Å². The number of aromatic nitrogens is 2. The van der Waals surface area contributed by atoms with Gasteiger partial charge in [0.15, 0.2) is 0 Å². The van der Waals surface area contributed by atoms with Gasteiger partial charge in [-0.05, 0) is 31.9 Å². The van der Waals surface area contributed by atoms with Crippen LogP contribution in [0.15, 0.2) is 36.7 Å². The van der Waals surface area contributed by atoms with Crippen molar-refractivity contribution in [2.24, 2.45) is 0 Å². The van der Waals surface area contributed by atoms with Gasteiger partial charge in [0.1, 0.15) is 18.0 Å². The molecule has 0 saturated carbocycles. The highest BCUT2D eigenvalue weighted by Crippen LogP contribution is 2.19. The second-order valence-corrected chi connectivity index (χ2v) is 4.68. The van der Waals surface area contributed by atoms with E-state index in [1.54, 1.807) is 6.33 Å². The van der Waals surface area contributed by atoms with Gasteiger partial charge < -0.3 is 10.6 Å². The predicted octanol–water partition coefficient (Wildman–Crippen LogP) is 3.74. The van der Waals surface area contributed by atoms with Crippen LogP contribution in [-0.4, -0.2) is 16.0 Å². The van der Waals surface area contributed by atoms with Gasteiger partial charge in [0.2, 0.25) is 0 Å². The molecule has 0 amide bonds. The summed E-state index contributed by atoms with van der Waals surface area (Å²) in [6.45, 7) is 6.35. The quantitative estimate of drug-likeness (QED) is 0.855. The van der Waals surface area contributed by atoms with Gasteiger partial charge in [-0.1, -0.05) is 25.1 Å². The Balaban J connectivity index is 2.13. The van der Waals surface area contributed by atoms with E-state index in [0.29, 0.717) is 6.04 Å². The molecule has 0 spiro atoms. The second-order valence-electron chi connectivity index (χ2n) is 4.68. The minimum atomic E-state index is 0.404. The second kappa shape index (κ2) is 6.18. The molecule has 0 aliphatic carbocycles. The zero-order chi connectivity index (χ0) is 13.7. The van der Waals surface area contributed by atoms with Crippen molar-refractivity contribution in [2.45, 2.75) is 33.2 Å². The van der Waals surface area contributed by atoms with Crippen molar-refractivity contribution in [1.82, 2.24) is 9.97 Å². The molecule has 1 unspecified atom stereocenters. The third kappa shape index (κ3) is 3.68. The Bertz CT molecular complexity index is 539. The molecule has 1 atom stereocenters. The molecule has 2 N–H and O–H groups in total. The summed E-state index contributed by atoms with van der Waals surface area (Å²) in [6.07, 6.45) is 2.63. The molecule has 2 rings (SSSR count). The maximum absolute atomic E-state index is 4.25. The summed E-state index contributed by atoms with van der Waals surface area (Å²) in [5.41, 5.74) is 2.26. The maximum Gasteiger partial charge on any atom is 0.135 e. The molecule has 1 heterocycles. The zero-order valence-electron chi connectivity index (χ0n) is 11.6. The molecular weight excluding hydrogens is 236 g/mol. The number of para-hydroxylation sites is 1. The van der Waals surface area contributed by atoms with Crippen LogP contribution in [0.25, 0.3) is 0 Å². The van der Waals surface area contributed by atoms with E-state index in [9.17, 15) is 0 Å². The van der Waals surface area contributed by atoms with Crippen molar-refractivity contribution in [2.75, 3.05) is 10.6 Å². The van der Waals surface area contributed by atoms with Gasteiger partial charge in [-0.25, -0.2) is 9.97 Å². The zero-order valence-corrected chi connectivity index (χ0v) is 11.6. The van der Waals surface area contributed by atoms with E-state index in [1.807, 2.05) is 24.3 Å². The van der Waals surface area contributed by atoms with Crippen LogP contribution in [0, 0.1) is 6.92 Å². The summed E-state index contributed by atoms with van der Waals surface area (Å²) in [5, 5.41) is 6.65. The van der Waals surface area contributed by atoms with Gasteiger partial charge in [0, 0.05) is 17.8 Å². The van der Waals surface area contributed by atoms with Crippen molar-refractivity contribution >= 4 is 17.3 Å². The molecule has 0 bridgehead atoms. The molecule has 0 saturated heterocycles. The van der Waals surface area contributed by atoms with Crippen LogP contribution in [0.1, 0.15) is 25.8 Å². The number of aryl methyl sites for hydroxylation is 1. The van der Waals surface area contributed by atoms with E-state index in [0.717, 1.165) is 23.7 Å². The van der Waals surface area contributed by atoms with E-state index >= 15 is 0 Å². The number of hydrogen-bond donors (Lipinski definition) is 2. The minimum absolute atomic E-state index is 0.404. The van der Waals surface area contributed by atoms with E-state index in [1.165, 1.54) is 5.56 Å². The molecule has 100 valence electrons. The van der Waals surface area contributed by atoms with Gasteiger partial charge in [0.25, 0.3) is 0 Å². The summed E-state index contributed by atoms with van der Waals surface area (Å²) in [5.74, 6) is 1.65. The average molecular weight is 256 g/mol. The fraction of sp³-hybridized carbons (Fsp3) is 0.333. The summed E-state index contributed by atoms with van der Waals surface area (Å²) < 4.78 is 0. The normalized spacial score (nSPS) is 11.9. The fourth-order valence-electron chi connectivity index (χ4n) is 1.71. The van der Waals surface area contributed by atoms with Crippen molar-refractivity contribution in [3.8, 4) is 0 Å². The fourth-order valence-corrected chi connectivity index (χ4v) is 1.71. The van der Waals surface area contributed by atoms with E-state index in [2.05, 4.69) is 47.4 Å². The number of rotatable bonds is 5. The van der Waals surface area contributed by atoms with Crippen molar-refractivity contribution < 1.29 is 0 Å². The first-order chi connectivity index (χ1) is 9.19. The Hall–Kier alpha value is -2.10. The lowest BCUT2D eigenvalue weighted by Gasteiger charge is -2.13. The third-order valence-electron chi connectivity index (χ3n) is 3.08. The molecule has 1 aromatic carbocycles. The Morgan fingerprint density at radius 1 is 1.16 bits per heavy atom. The summed E-state index contributed by atoms with van der Waals surface area (Å²) in [4.78, 5) is 8.48. The summed E-state index contributed by atoms with van der Waals surface area (Å²) in [6, 6.07) is 10.5. The van der Waals surface area contributed by atoms with Gasteiger partial charge in [-0.2, -0.15) is 0 Å². The Morgan fingerprint density at radius 2 is 1.89 bits per heavy atom. The monoisotopic (exact) mass is 256 g/mol. The molecule has 0 fully saturated rings. The number of benzene rings is 1. The smallest absolute Gasteiger partial charge is 0.135 e. The molecule has 0 radical (unpaired) electrons. The van der Waals surface area contributed by atoms with Crippen LogP contribution >= 0.6 is 0 Å². The van der Waals surface area contributed by atoms with Crippen molar-refractivity contribution in [3.63, 3.8) is 0 Å². The number of anilines is 3. The number of hydrogen-bond acceptors (Lipinski definition) is 4. The third-order valence-corrected chi connectivity index (χ3v) is 3.08. The number of nitrogens with zero attached hydrogens (tertiary/aromatic N) is 2. The van der Waals surface area contributed by atoms with Gasteiger partial charge in [0.05, 0.1) is 0 Å². The lowest BCUT2D eigenvalue weighted by atomic mass is 10.2. The molecule has 2 aromatic rings. The molecule has 19 heavy (non-hydrogen) atoms. The highest BCUT2D eigenvalue weighted by atomic mass is 15.1. The topological polar surface area (TPSA) is 49.8 Å². The Labute approximate surface area is 114 Å². The lowest BCUT2D eigenvalue weighted by molar-refractivity contribution is 0.758. The summed E-state index contributed by atoms with van der Waals surface area (Å²) >= 11 is 0. The number of nitrogens with one attached hydrogen (secondary N) is 2. The van der Waals surface area contributed by atoms with Crippen LogP contribution in [0.2, 0.25) is 0 Å². The largest absolute Gasteiger partial charge is 0.367 e. The molecule has 4 nitrogen and oxygen atoms in total. The van der Waals surface area contributed by atoms with Crippen LogP contribution in [0.3, 0.4) is 0 Å². The van der Waals surface area contributed by atoms with Crippen LogP contribution in [-0.2, 0) is 0 Å². The first-order valence-electron chi connectivity index (χ1n) is 6.60.